The van der Waals surface area contributed by atoms with E-state index in [9.17, 15) is 4.79 Å². The number of halogens is 1. The number of carbonyl (C=O) groups is 1. The molecule has 1 fully saturated rings. The van der Waals surface area contributed by atoms with Crippen molar-refractivity contribution < 1.29 is 9.53 Å². The summed E-state index contributed by atoms with van der Waals surface area (Å²) >= 11 is 5.94. The third kappa shape index (κ3) is 3.94. The number of ether oxygens (including phenoxy) is 1. The lowest BCUT2D eigenvalue weighted by Gasteiger charge is -2.31. The van der Waals surface area contributed by atoms with E-state index in [0.29, 0.717) is 10.9 Å². The van der Waals surface area contributed by atoms with Crippen molar-refractivity contribution in [3.8, 4) is 5.88 Å². The standard InChI is InChI=1S/C17H19ClN4O2/c1-24-16-6-5-15(20-21-16)22-9-7-12(8-10-22)17(23)19-14-4-2-3-13(18)11-14/h2-6,11-12H,7-10H2,1H3,(H,19,23). The molecule has 1 saturated heterocycles. The molecule has 0 aliphatic carbocycles. The lowest BCUT2D eigenvalue weighted by Crippen LogP contribution is -2.38. The summed E-state index contributed by atoms with van der Waals surface area (Å²) in [6.07, 6.45) is 1.56. The molecule has 24 heavy (non-hydrogen) atoms. The third-order valence-electron chi connectivity index (χ3n) is 4.12. The topological polar surface area (TPSA) is 67.3 Å². The maximum absolute atomic E-state index is 12.4. The van der Waals surface area contributed by atoms with Crippen LogP contribution in [-0.4, -0.2) is 36.3 Å². The Hall–Kier alpha value is -2.34. The van der Waals surface area contributed by atoms with Gasteiger partial charge in [0.15, 0.2) is 5.82 Å². The van der Waals surface area contributed by atoms with Gasteiger partial charge in [0.25, 0.3) is 0 Å². The monoisotopic (exact) mass is 346 g/mol. The summed E-state index contributed by atoms with van der Waals surface area (Å²) in [5.74, 6) is 1.34. The Labute approximate surface area is 145 Å². The third-order valence-corrected chi connectivity index (χ3v) is 4.35. The van der Waals surface area contributed by atoms with Crippen LogP contribution >= 0.6 is 11.6 Å². The number of carbonyl (C=O) groups excluding carboxylic acids is 1. The van der Waals surface area contributed by atoms with E-state index < -0.39 is 0 Å². The van der Waals surface area contributed by atoms with Gasteiger partial charge in [0.05, 0.1) is 7.11 Å². The van der Waals surface area contributed by atoms with Crippen molar-refractivity contribution in [1.82, 2.24) is 10.2 Å². The predicted octanol–water partition coefficient (Wildman–Crippen LogP) is 2.99. The van der Waals surface area contributed by atoms with Crippen LogP contribution in [0, 0.1) is 5.92 Å². The van der Waals surface area contributed by atoms with Gasteiger partial charge in [-0.3, -0.25) is 4.79 Å². The molecule has 0 saturated carbocycles. The van der Waals surface area contributed by atoms with E-state index in [1.165, 1.54) is 0 Å². The second-order valence-corrected chi connectivity index (χ2v) is 6.13. The van der Waals surface area contributed by atoms with Crippen LogP contribution in [0.4, 0.5) is 11.5 Å². The van der Waals surface area contributed by atoms with Gasteiger partial charge in [0.1, 0.15) is 0 Å². The second kappa shape index (κ2) is 7.49. The molecule has 1 aliphatic rings. The number of methoxy groups -OCH3 is 1. The van der Waals surface area contributed by atoms with E-state index in [0.717, 1.165) is 37.4 Å². The molecule has 2 heterocycles. The molecular formula is C17H19ClN4O2. The van der Waals surface area contributed by atoms with E-state index in [-0.39, 0.29) is 11.8 Å². The van der Waals surface area contributed by atoms with E-state index in [4.69, 9.17) is 16.3 Å². The van der Waals surface area contributed by atoms with Gasteiger partial charge in [-0.1, -0.05) is 17.7 Å². The Balaban J connectivity index is 1.55. The highest BCUT2D eigenvalue weighted by molar-refractivity contribution is 6.30. The SMILES string of the molecule is COc1ccc(N2CCC(C(=O)Nc3cccc(Cl)c3)CC2)nn1. The Morgan fingerprint density at radius 3 is 2.67 bits per heavy atom. The van der Waals surface area contributed by atoms with E-state index in [1.807, 2.05) is 18.2 Å². The summed E-state index contributed by atoms with van der Waals surface area (Å²) in [6.45, 7) is 1.54. The zero-order chi connectivity index (χ0) is 16.9. The number of hydrogen-bond donors (Lipinski definition) is 1. The Bertz CT molecular complexity index is 700. The van der Waals surface area contributed by atoms with Crippen molar-refractivity contribution in [2.45, 2.75) is 12.8 Å². The number of nitrogens with one attached hydrogen (secondary N) is 1. The number of hydrogen-bond acceptors (Lipinski definition) is 5. The van der Waals surface area contributed by atoms with Crippen LogP contribution in [0.5, 0.6) is 5.88 Å². The van der Waals surface area contributed by atoms with Gasteiger partial charge in [0, 0.05) is 35.8 Å². The van der Waals surface area contributed by atoms with Gasteiger partial charge in [-0.2, -0.15) is 0 Å². The minimum Gasteiger partial charge on any atom is -0.480 e. The summed E-state index contributed by atoms with van der Waals surface area (Å²) in [6, 6.07) is 10.9. The van der Waals surface area contributed by atoms with Gasteiger partial charge >= 0.3 is 0 Å². The number of piperidine rings is 1. The fourth-order valence-corrected chi connectivity index (χ4v) is 2.96. The van der Waals surface area contributed by atoms with E-state index >= 15 is 0 Å². The minimum absolute atomic E-state index is 0.00793. The van der Waals surface area contributed by atoms with Gasteiger partial charge < -0.3 is 15.0 Å². The van der Waals surface area contributed by atoms with Crippen LogP contribution in [-0.2, 0) is 4.79 Å². The number of amides is 1. The summed E-state index contributed by atoms with van der Waals surface area (Å²) in [5.41, 5.74) is 0.732. The van der Waals surface area contributed by atoms with E-state index in [2.05, 4.69) is 20.4 Å². The summed E-state index contributed by atoms with van der Waals surface area (Å²) < 4.78 is 5.02. The summed E-state index contributed by atoms with van der Waals surface area (Å²) in [7, 11) is 1.56. The summed E-state index contributed by atoms with van der Waals surface area (Å²) in [5, 5.41) is 11.7. The van der Waals surface area contributed by atoms with Crippen molar-refractivity contribution in [3.63, 3.8) is 0 Å². The first-order valence-electron chi connectivity index (χ1n) is 7.85. The van der Waals surface area contributed by atoms with Crippen molar-refractivity contribution >= 4 is 29.0 Å². The Morgan fingerprint density at radius 2 is 2.04 bits per heavy atom. The molecule has 1 amide bonds. The molecule has 0 unspecified atom stereocenters. The fourth-order valence-electron chi connectivity index (χ4n) is 2.77. The Morgan fingerprint density at radius 1 is 1.25 bits per heavy atom. The molecule has 1 aromatic carbocycles. The van der Waals surface area contributed by atoms with Crippen LogP contribution in [0.25, 0.3) is 0 Å². The van der Waals surface area contributed by atoms with E-state index in [1.54, 1.807) is 25.3 Å². The highest BCUT2D eigenvalue weighted by Gasteiger charge is 2.25. The first-order chi connectivity index (χ1) is 11.7. The van der Waals surface area contributed by atoms with Crippen LogP contribution in [0.15, 0.2) is 36.4 Å². The molecule has 1 aromatic heterocycles. The van der Waals surface area contributed by atoms with Crippen molar-refractivity contribution in [3.05, 3.63) is 41.4 Å². The largest absolute Gasteiger partial charge is 0.480 e. The van der Waals surface area contributed by atoms with Crippen LogP contribution in [0.2, 0.25) is 5.02 Å². The molecule has 7 heteroatoms. The maximum atomic E-state index is 12.4. The molecule has 126 valence electrons. The lowest BCUT2D eigenvalue weighted by molar-refractivity contribution is -0.120. The molecule has 0 bridgehead atoms. The van der Waals surface area contributed by atoms with Gasteiger partial charge in [0.2, 0.25) is 11.8 Å². The van der Waals surface area contributed by atoms with Crippen molar-refractivity contribution in [2.24, 2.45) is 5.92 Å². The van der Waals surface area contributed by atoms with Crippen LogP contribution in [0.1, 0.15) is 12.8 Å². The molecule has 3 rings (SSSR count). The highest BCUT2D eigenvalue weighted by Crippen LogP contribution is 2.24. The lowest BCUT2D eigenvalue weighted by atomic mass is 9.96. The normalized spacial score (nSPS) is 15.2. The first kappa shape index (κ1) is 16.5. The number of benzene rings is 1. The zero-order valence-corrected chi connectivity index (χ0v) is 14.2. The molecular weight excluding hydrogens is 328 g/mol. The number of rotatable bonds is 4. The highest BCUT2D eigenvalue weighted by atomic mass is 35.5. The predicted molar refractivity (Wildman–Crippen MR) is 93.6 cm³/mol. The summed E-state index contributed by atoms with van der Waals surface area (Å²) in [4.78, 5) is 14.5. The maximum Gasteiger partial charge on any atom is 0.233 e. The average Bonchev–Trinajstić information content (AvgIpc) is 2.62. The van der Waals surface area contributed by atoms with Gasteiger partial charge in [-0.05, 0) is 37.1 Å². The van der Waals surface area contributed by atoms with Crippen molar-refractivity contribution in [2.75, 3.05) is 30.4 Å². The molecule has 6 nitrogen and oxygen atoms in total. The van der Waals surface area contributed by atoms with Gasteiger partial charge in [-0.15, -0.1) is 10.2 Å². The Kier molecular flexibility index (Phi) is 5.15. The minimum atomic E-state index is -0.00793. The molecule has 1 aliphatic heterocycles. The second-order valence-electron chi connectivity index (χ2n) is 5.69. The van der Waals surface area contributed by atoms with Gasteiger partial charge in [-0.25, -0.2) is 0 Å². The first-order valence-corrected chi connectivity index (χ1v) is 8.22. The zero-order valence-electron chi connectivity index (χ0n) is 13.4. The fraction of sp³-hybridized carbons (Fsp3) is 0.353. The molecule has 2 aromatic rings. The van der Waals surface area contributed by atoms with Crippen molar-refractivity contribution in [1.29, 1.82) is 0 Å². The number of nitrogens with zero attached hydrogens (tertiary/aromatic N) is 3. The quantitative estimate of drug-likeness (QED) is 0.921. The number of anilines is 2. The van der Waals surface area contributed by atoms with Crippen LogP contribution in [0.3, 0.4) is 0 Å². The molecule has 0 spiro atoms. The van der Waals surface area contributed by atoms with Crippen LogP contribution < -0.4 is 15.0 Å². The number of aromatic nitrogens is 2. The smallest absolute Gasteiger partial charge is 0.233 e. The average molecular weight is 347 g/mol. The molecule has 1 N–H and O–H groups in total. The molecule has 0 atom stereocenters. The molecule has 0 radical (unpaired) electrons.